The summed E-state index contributed by atoms with van der Waals surface area (Å²) in [4.78, 5) is 10.8. The van der Waals surface area contributed by atoms with E-state index in [1.807, 2.05) is 5.32 Å². The molecule has 1 atom stereocenters. The Bertz CT molecular complexity index is 260. The van der Waals surface area contributed by atoms with Crippen LogP contribution in [0.2, 0.25) is 0 Å². The summed E-state index contributed by atoms with van der Waals surface area (Å²) in [5.41, 5.74) is 0. The summed E-state index contributed by atoms with van der Waals surface area (Å²) in [6.45, 7) is 1.72. The van der Waals surface area contributed by atoms with Crippen LogP contribution >= 0.6 is 12.4 Å². The van der Waals surface area contributed by atoms with Gasteiger partial charge >= 0.3 is 12.3 Å². The largest absolute Gasteiger partial charge is 0.383 e. The Kier molecular flexibility index (Phi) is 7.54. The number of alkyl halides is 4. The highest BCUT2D eigenvalue weighted by Gasteiger charge is 2.48. The highest BCUT2D eigenvalue weighted by molar-refractivity contribution is 5.85. The summed E-state index contributed by atoms with van der Waals surface area (Å²) >= 11 is 0. The minimum absolute atomic E-state index is 0. The van der Waals surface area contributed by atoms with E-state index < -0.39 is 18.3 Å². The zero-order chi connectivity index (χ0) is 12.9. The first kappa shape index (κ1) is 17.4. The third-order valence-corrected chi connectivity index (χ3v) is 2.81. The lowest BCUT2D eigenvalue weighted by molar-refractivity contribution is -0.169. The molecule has 1 amide bonds. The Balaban J connectivity index is 0.00000289. The Morgan fingerprint density at radius 3 is 2.61 bits per heavy atom. The van der Waals surface area contributed by atoms with Gasteiger partial charge in [-0.1, -0.05) is 0 Å². The maximum absolute atomic E-state index is 12.5. The van der Waals surface area contributed by atoms with Crippen LogP contribution in [-0.4, -0.2) is 37.9 Å². The molecule has 3 nitrogen and oxygen atoms in total. The van der Waals surface area contributed by atoms with E-state index >= 15 is 0 Å². The van der Waals surface area contributed by atoms with Crippen LogP contribution < -0.4 is 10.6 Å². The molecule has 1 rings (SSSR count). The zero-order valence-electron chi connectivity index (χ0n) is 9.73. The van der Waals surface area contributed by atoms with Gasteiger partial charge in [0.05, 0.1) is 0 Å². The van der Waals surface area contributed by atoms with Crippen LogP contribution in [0.15, 0.2) is 0 Å². The van der Waals surface area contributed by atoms with Gasteiger partial charge in [0.1, 0.15) is 0 Å². The second-order valence-corrected chi connectivity index (χ2v) is 4.18. The number of halogens is 5. The first-order valence-electron chi connectivity index (χ1n) is 5.59. The summed E-state index contributed by atoms with van der Waals surface area (Å²) in [5.74, 6) is -6.18. The molecule has 0 aliphatic carbocycles. The van der Waals surface area contributed by atoms with Crippen LogP contribution in [0.25, 0.3) is 0 Å². The van der Waals surface area contributed by atoms with Gasteiger partial charge in [0.25, 0.3) is 5.91 Å². The number of carbonyl (C=O) groups is 1. The summed E-state index contributed by atoms with van der Waals surface area (Å²) in [7, 11) is 0. The average molecular weight is 293 g/mol. The van der Waals surface area contributed by atoms with Gasteiger partial charge in [-0.05, 0) is 38.3 Å². The molecule has 1 fully saturated rings. The van der Waals surface area contributed by atoms with Crippen LogP contribution in [0, 0.1) is 5.92 Å². The number of nitrogens with one attached hydrogen (secondary N) is 2. The van der Waals surface area contributed by atoms with Crippen molar-refractivity contribution in [3.05, 3.63) is 0 Å². The first-order valence-corrected chi connectivity index (χ1v) is 5.59. The molecule has 0 saturated carbocycles. The Hall–Kier alpha value is -0.560. The molecule has 0 aromatic heterocycles. The van der Waals surface area contributed by atoms with Crippen LogP contribution in [0.4, 0.5) is 17.6 Å². The van der Waals surface area contributed by atoms with Gasteiger partial charge in [0.15, 0.2) is 0 Å². The third kappa shape index (κ3) is 4.97. The fourth-order valence-corrected chi connectivity index (χ4v) is 1.78. The molecule has 0 bridgehead atoms. The van der Waals surface area contributed by atoms with E-state index in [1.54, 1.807) is 0 Å². The van der Waals surface area contributed by atoms with E-state index in [1.165, 1.54) is 0 Å². The molecule has 1 saturated heterocycles. The minimum atomic E-state index is -4.59. The highest BCUT2D eigenvalue weighted by Crippen LogP contribution is 2.22. The predicted molar refractivity (Wildman–Crippen MR) is 61.4 cm³/mol. The number of hydrogen-bond acceptors (Lipinski definition) is 2. The van der Waals surface area contributed by atoms with Crippen molar-refractivity contribution in [3.63, 3.8) is 0 Å². The number of amides is 1. The van der Waals surface area contributed by atoms with Crippen molar-refractivity contribution in [1.29, 1.82) is 0 Å². The zero-order valence-corrected chi connectivity index (χ0v) is 10.5. The van der Waals surface area contributed by atoms with E-state index in [2.05, 4.69) is 5.32 Å². The van der Waals surface area contributed by atoms with Gasteiger partial charge in [-0.25, -0.2) is 8.78 Å². The van der Waals surface area contributed by atoms with Crippen LogP contribution in [0.3, 0.4) is 0 Å². The van der Waals surface area contributed by atoms with Crippen molar-refractivity contribution < 1.29 is 22.4 Å². The molecule has 0 radical (unpaired) electrons. The predicted octanol–water partition coefficient (Wildman–Crippen LogP) is 1.81. The van der Waals surface area contributed by atoms with Crippen LogP contribution in [0.1, 0.15) is 19.3 Å². The standard InChI is InChI=1S/C10H16F4N2O.ClH/c11-8(12)10(13,14)9(17)16-5-3-7-2-1-4-15-6-7;/h7-8,15H,1-6H2,(H,16,17);1H. The fourth-order valence-electron chi connectivity index (χ4n) is 1.78. The van der Waals surface area contributed by atoms with E-state index in [0.29, 0.717) is 12.3 Å². The van der Waals surface area contributed by atoms with Crippen molar-refractivity contribution >= 4 is 18.3 Å². The van der Waals surface area contributed by atoms with Gasteiger partial charge in [0, 0.05) is 6.54 Å². The van der Waals surface area contributed by atoms with Crippen molar-refractivity contribution in [2.45, 2.75) is 31.6 Å². The third-order valence-electron chi connectivity index (χ3n) is 2.81. The van der Waals surface area contributed by atoms with Gasteiger partial charge in [0.2, 0.25) is 0 Å². The SMILES string of the molecule is Cl.O=C(NCCC1CCCNC1)C(F)(F)C(F)F. The van der Waals surface area contributed by atoms with Gasteiger partial charge < -0.3 is 10.6 Å². The van der Waals surface area contributed by atoms with Gasteiger partial charge in [-0.2, -0.15) is 8.78 Å². The topological polar surface area (TPSA) is 41.1 Å². The molecule has 0 aromatic rings. The molecule has 2 N–H and O–H groups in total. The summed E-state index contributed by atoms with van der Waals surface area (Å²) in [6, 6.07) is 0. The molecule has 1 unspecified atom stereocenters. The van der Waals surface area contributed by atoms with Crippen molar-refractivity contribution in [2.75, 3.05) is 19.6 Å². The normalized spacial score (nSPS) is 20.4. The minimum Gasteiger partial charge on any atom is -0.351 e. The molecule has 0 aromatic carbocycles. The molecule has 0 spiro atoms. The molecule has 108 valence electrons. The Morgan fingerprint density at radius 1 is 1.44 bits per heavy atom. The Morgan fingerprint density at radius 2 is 2.11 bits per heavy atom. The van der Waals surface area contributed by atoms with Gasteiger partial charge in [-0.15, -0.1) is 12.4 Å². The first-order chi connectivity index (χ1) is 7.94. The van der Waals surface area contributed by atoms with E-state index in [-0.39, 0.29) is 19.0 Å². The summed E-state index contributed by atoms with van der Waals surface area (Å²) in [5, 5.41) is 5.00. The van der Waals surface area contributed by atoms with Gasteiger partial charge in [-0.3, -0.25) is 4.79 Å². The van der Waals surface area contributed by atoms with Crippen LogP contribution in [0.5, 0.6) is 0 Å². The summed E-state index contributed by atoms with van der Waals surface area (Å²) < 4.78 is 48.7. The number of piperidine rings is 1. The smallest absolute Gasteiger partial charge is 0.351 e. The quantitative estimate of drug-likeness (QED) is 0.759. The van der Waals surface area contributed by atoms with E-state index in [0.717, 1.165) is 25.9 Å². The molecular formula is C10H17ClF4N2O. The lowest BCUT2D eigenvalue weighted by Crippen LogP contribution is -2.46. The molecule has 1 aliphatic rings. The second-order valence-electron chi connectivity index (χ2n) is 4.18. The summed E-state index contributed by atoms with van der Waals surface area (Å²) in [6.07, 6.45) is -1.46. The van der Waals surface area contributed by atoms with Crippen molar-refractivity contribution in [1.82, 2.24) is 10.6 Å². The highest BCUT2D eigenvalue weighted by atomic mass is 35.5. The lowest BCUT2D eigenvalue weighted by Gasteiger charge is -2.23. The maximum atomic E-state index is 12.5. The number of rotatable bonds is 5. The molecule has 8 heteroatoms. The van der Waals surface area contributed by atoms with Crippen molar-refractivity contribution in [3.8, 4) is 0 Å². The monoisotopic (exact) mass is 292 g/mol. The van der Waals surface area contributed by atoms with E-state index in [9.17, 15) is 22.4 Å². The number of carbonyl (C=O) groups excluding carboxylic acids is 1. The maximum Gasteiger partial charge on any atom is 0.383 e. The lowest BCUT2D eigenvalue weighted by atomic mass is 9.96. The molecule has 18 heavy (non-hydrogen) atoms. The molecular weight excluding hydrogens is 276 g/mol. The average Bonchev–Trinajstić information content (AvgIpc) is 2.30. The second kappa shape index (κ2) is 7.78. The van der Waals surface area contributed by atoms with Crippen LogP contribution in [-0.2, 0) is 4.79 Å². The van der Waals surface area contributed by atoms with E-state index in [4.69, 9.17) is 0 Å². The Labute approximate surface area is 109 Å². The fraction of sp³-hybridized carbons (Fsp3) is 0.900. The molecule has 1 heterocycles. The molecule has 1 aliphatic heterocycles. The van der Waals surface area contributed by atoms with Crippen molar-refractivity contribution in [2.24, 2.45) is 5.92 Å². The number of hydrogen-bond donors (Lipinski definition) is 2.